The van der Waals surface area contributed by atoms with Crippen LogP contribution in [0.2, 0.25) is 0 Å². The Hall–Kier alpha value is -1.32. The van der Waals surface area contributed by atoms with Crippen molar-refractivity contribution < 1.29 is 13.2 Å². The van der Waals surface area contributed by atoms with E-state index in [0.29, 0.717) is 5.56 Å². The molecular formula is C11H10F3N. The fourth-order valence-corrected chi connectivity index (χ4v) is 1.62. The first kappa shape index (κ1) is 10.2. The number of rotatable bonds is 0. The van der Waals surface area contributed by atoms with Gasteiger partial charge in [0.05, 0.1) is 0 Å². The van der Waals surface area contributed by atoms with Crippen LogP contribution in [0, 0.1) is 0 Å². The molecule has 15 heavy (non-hydrogen) atoms. The van der Waals surface area contributed by atoms with Gasteiger partial charge in [-0.25, -0.2) is 0 Å². The molecule has 0 saturated heterocycles. The van der Waals surface area contributed by atoms with E-state index in [1.165, 1.54) is 6.21 Å². The highest BCUT2D eigenvalue weighted by molar-refractivity contribution is 5.83. The van der Waals surface area contributed by atoms with Gasteiger partial charge in [0.15, 0.2) is 5.54 Å². The maximum absolute atomic E-state index is 12.7. The van der Waals surface area contributed by atoms with Gasteiger partial charge < -0.3 is 0 Å². The third kappa shape index (κ3) is 1.64. The van der Waals surface area contributed by atoms with Gasteiger partial charge in [0.1, 0.15) is 0 Å². The lowest BCUT2D eigenvalue weighted by molar-refractivity contribution is -0.179. The van der Waals surface area contributed by atoms with Gasteiger partial charge in [-0.15, -0.1) is 0 Å². The maximum Gasteiger partial charge on any atom is 0.413 e. The van der Waals surface area contributed by atoms with Gasteiger partial charge in [0.2, 0.25) is 0 Å². The normalized spacial score (nSPS) is 25.1. The molecule has 4 heteroatoms. The fourth-order valence-electron chi connectivity index (χ4n) is 1.62. The van der Waals surface area contributed by atoms with Gasteiger partial charge in [0, 0.05) is 12.6 Å². The van der Waals surface area contributed by atoms with Gasteiger partial charge in [-0.1, -0.05) is 24.3 Å². The van der Waals surface area contributed by atoms with Crippen LogP contribution < -0.4 is 0 Å². The molecule has 0 aromatic heterocycles. The topological polar surface area (TPSA) is 12.4 Å². The molecular weight excluding hydrogens is 203 g/mol. The monoisotopic (exact) mass is 213 g/mol. The molecule has 1 aliphatic rings. The Balaban J connectivity index is 2.42. The minimum Gasteiger partial charge on any atom is -0.276 e. The van der Waals surface area contributed by atoms with Crippen molar-refractivity contribution in [1.82, 2.24) is 0 Å². The zero-order valence-corrected chi connectivity index (χ0v) is 8.17. The average molecular weight is 213 g/mol. The van der Waals surface area contributed by atoms with Gasteiger partial charge in [-0.3, -0.25) is 4.99 Å². The molecule has 0 aliphatic carbocycles. The number of alkyl halides is 3. The third-order valence-electron chi connectivity index (χ3n) is 2.69. The largest absolute Gasteiger partial charge is 0.413 e. The second-order valence-electron chi connectivity index (χ2n) is 3.91. The highest BCUT2D eigenvalue weighted by Crippen LogP contribution is 2.38. The van der Waals surface area contributed by atoms with Crippen LogP contribution >= 0.6 is 0 Å². The number of fused-ring (bicyclic) bond motifs is 1. The highest BCUT2D eigenvalue weighted by Gasteiger charge is 2.51. The van der Waals surface area contributed by atoms with Crippen molar-refractivity contribution in [3.8, 4) is 0 Å². The molecule has 1 heterocycles. The summed E-state index contributed by atoms with van der Waals surface area (Å²) in [5.41, 5.74) is -0.493. The SMILES string of the molecule is CC1(C(F)(F)F)Cc2ccccc2C=N1. The summed E-state index contributed by atoms with van der Waals surface area (Å²) < 4.78 is 38.1. The molecule has 1 aromatic carbocycles. The molecule has 1 aromatic rings. The first-order chi connectivity index (χ1) is 6.92. The van der Waals surface area contributed by atoms with Crippen LogP contribution in [0.15, 0.2) is 29.3 Å². The van der Waals surface area contributed by atoms with Crippen LogP contribution in [0.5, 0.6) is 0 Å². The fraction of sp³-hybridized carbons (Fsp3) is 0.364. The molecule has 1 nitrogen and oxygen atoms in total. The van der Waals surface area contributed by atoms with Crippen LogP contribution in [-0.4, -0.2) is 17.9 Å². The Morgan fingerprint density at radius 2 is 1.93 bits per heavy atom. The van der Waals surface area contributed by atoms with E-state index in [2.05, 4.69) is 4.99 Å². The Morgan fingerprint density at radius 3 is 2.60 bits per heavy atom. The summed E-state index contributed by atoms with van der Waals surface area (Å²) in [7, 11) is 0. The van der Waals surface area contributed by atoms with Crippen molar-refractivity contribution in [1.29, 1.82) is 0 Å². The van der Waals surface area contributed by atoms with Crippen LogP contribution in [-0.2, 0) is 6.42 Å². The summed E-state index contributed by atoms with van der Waals surface area (Å²) in [6.07, 6.45) is -3.06. The molecule has 1 atom stereocenters. The lowest BCUT2D eigenvalue weighted by atomic mass is 9.88. The smallest absolute Gasteiger partial charge is 0.276 e. The zero-order valence-electron chi connectivity index (χ0n) is 8.17. The van der Waals surface area contributed by atoms with Crippen molar-refractivity contribution >= 4 is 6.21 Å². The molecule has 1 aliphatic heterocycles. The van der Waals surface area contributed by atoms with E-state index in [9.17, 15) is 13.2 Å². The summed E-state index contributed by atoms with van der Waals surface area (Å²) in [5.74, 6) is 0. The number of nitrogens with zero attached hydrogens (tertiary/aromatic N) is 1. The molecule has 0 N–H and O–H groups in total. The molecule has 0 radical (unpaired) electrons. The van der Waals surface area contributed by atoms with E-state index >= 15 is 0 Å². The number of aliphatic imine (C=N–C) groups is 1. The summed E-state index contributed by atoms with van der Waals surface area (Å²) in [6.45, 7) is 1.12. The Morgan fingerprint density at radius 1 is 1.27 bits per heavy atom. The first-order valence-corrected chi connectivity index (χ1v) is 4.62. The van der Waals surface area contributed by atoms with Gasteiger partial charge in [-0.05, 0) is 18.1 Å². The minimum atomic E-state index is -4.29. The summed E-state index contributed by atoms with van der Waals surface area (Å²) in [6, 6.07) is 7.02. The van der Waals surface area contributed by atoms with E-state index in [1.54, 1.807) is 24.3 Å². The summed E-state index contributed by atoms with van der Waals surface area (Å²) >= 11 is 0. The molecule has 0 bridgehead atoms. The van der Waals surface area contributed by atoms with Crippen molar-refractivity contribution in [3.05, 3.63) is 35.4 Å². The predicted octanol–water partition coefficient (Wildman–Crippen LogP) is 2.98. The standard InChI is InChI=1S/C11H10F3N/c1-10(11(12,13)14)6-8-4-2-3-5-9(8)7-15-10/h2-5,7H,6H2,1H3. The highest BCUT2D eigenvalue weighted by atomic mass is 19.4. The molecule has 0 fully saturated rings. The number of halogens is 3. The van der Waals surface area contributed by atoms with Crippen molar-refractivity contribution in [3.63, 3.8) is 0 Å². The van der Waals surface area contributed by atoms with E-state index in [-0.39, 0.29) is 6.42 Å². The van der Waals surface area contributed by atoms with Gasteiger partial charge in [0.25, 0.3) is 0 Å². The number of hydrogen-bond donors (Lipinski definition) is 0. The van der Waals surface area contributed by atoms with Gasteiger partial charge in [-0.2, -0.15) is 13.2 Å². The van der Waals surface area contributed by atoms with E-state index < -0.39 is 11.7 Å². The second kappa shape index (κ2) is 3.08. The van der Waals surface area contributed by atoms with Crippen molar-refractivity contribution in [2.75, 3.05) is 0 Å². The summed E-state index contributed by atoms with van der Waals surface area (Å²) in [5, 5.41) is 0. The predicted molar refractivity (Wildman–Crippen MR) is 52.2 cm³/mol. The lowest BCUT2D eigenvalue weighted by Gasteiger charge is -2.31. The van der Waals surface area contributed by atoms with Gasteiger partial charge >= 0.3 is 6.18 Å². The van der Waals surface area contributed by atoms with Crippen molar-refractivity contribution in [2.45, 2.75) is 25.1 Å². The lowest BCUT2D eigenvalue weighted by Crippen LogP contribution is -2.44. The third-order valence-corrected chi connectivity index (χ3v) is 2.69. The number of hydrogen-bond acceptors (Lipinski definition) is 1. The first-order valence-electron chi connectivity index (χ1n) is 4.62. The van der Waals surface area contributed by atoms with Crippen LogP contribution in [0.4, 0.5) is 13.2 Å². The molecule has 0 saturated carbocycles. The maximum atomic E-state index is 12.7. The molecule has 1 unspecified atom stereocenters. The van der Waals surface area contributed by atoms with Crippen LogP contribution in [0.25, 0.3) is 0 Å². The Bertz CT molecular complexity index is 409. The molecule has 0 amide bonds. The Labute approximate surface area is 85.6 Å². The van der Waals surface area contributed by atoms with Crippen molar-refractivity contribution in [2.24, 2.45) is 4.99 Å². The van der Waals surface area contributed by atoms with E-state index in [4.69, 9.17) is 0 Å². The molecule has 80 valence electrons. The number of benzene rings is 1. The van der Waals surface area contributed by atoms with Crippen LogP contribution in [0.1, 0.15) is 18.1 Å². The Kier molecular flexibility index (Phi) is 2.10. The average Bonchev–Trinajstić information content (AvgIpc) is 2.16. The minimum absolute atomic E-state index is 0.0802. The molecule has 2 rings (SSSR count). The van der Waals surface area contributed by atoms with E-state index in [0.717, 1.165) is 12.5 Å². The van der Waals surface area contributed by atoms with Crippen LogP contribution in [0.3, 0.4) is 0 Å². The molecule has 0 spiro atoms. The quantitative estimate of drug-likeness (QED) is 0.628. The second-order valence-corrected chi connectivity index (χ2v) is 3.91. The summed E-state index contributed by atoms with van der Waals surface area (Å²) in [4.78, 5) is 3.62. The van der Waals surface area contributed by atoms with E-state index in [1.807, 2.05) is 0 Å². The zero-order chi connectivity index (χ0) is 11.1.